The zero-order valence-electron chi connectivity index (χ0n) is 23.4. The van der Waals surface area contributed by atoms with Crippen molar-refractivity contribution in [1.29, 1.82) is 0 Å². The zero-order chi connectivity index (χ0) is 28.4. The summed E-state index contributed by atoms with van der Waals surface area (Å²) in [6, 6.07) is 18.5. The number of hydrogen-bond donors (Lipinski definition) is 0. The van der Waals surface area contributed by atoms with Crippen LogP contribution in [0, 0.1) is 5.92 Å². The average molecular weight is 569 g/mol. The molecule has 0 unspecified atom stereocenters. The SMILES string of the molecule is COC(=O)[C@@H](C[C@H](OS(C)(C)C(C)(C)C)C(=O)OC)CP(=O)(OCc1ccccc1)OCc1ccccc1. The van der Waals surface area contributed by atoms with Crippen molar-refractivity contribution in [2.24, 2.45) is 5.92 Å². The van der Waals surface area contributed by atoms with Gasteiger partial charge in [0.05, 0.1) is 39.5 Å². The monoisotopic (exact) mass is 568 g/mol. The second kappa shape index (κ2) is 14.3. The fourth-order valence-electron chi connectivity index (χ4n) is 3.32. The van der Waals surface area contributed by atoms with Crippen LogP contribution in [0.1, 0.15) is 38.3 Å². The Morgan fingerprint density at radius 2 is 1.26 bits per heavy atom. The van der Waals surface area contributed by atoms with Crippen LogP contribution >= 0.6 is 17.9 Å². The Morgan fingerprint density at radius 3 is 1.66 bits per heavy atom. The molecule has 0 amide bonds. The van der Waals surface area contributed by atoms with Gasteiger partial charge in [-0.05, 0) is 30.1 Å². The lowest BCUT2D eigenvalue weighted by Crippen LogP contribution is -2.37. The Labute approximate surface area is 228 Å². The zero-order valence-corrected chi connectivity index (χ0v) is 25.1. The number of carbonyl (C=O) groups excluding carboxylic acids is 2. The molecular formula is C28H41O8PS. The van der Waals surface area contributed by atoms with Gasteiger partial charge in [0, 0.05) is 4.75 Å². The highest BCUT2D eigenvalue weighted by atomic mass is 32.3. The van der Waals surface area contributed by atoms with Crippen LogP contribution in [0.25, 0.3) is 0 Å². The molecule has 0 fully saturated rings. The molecule has 0 saturated carbocycles. The molecular weight excluding hydrogens is 527 g/mol. The van der Waals surface area contributed by atoms with E-state index in [-0.39, 0.29) is 30.5 Å². The summed E-state index contributed by atoms with van der Waals surface area (Å²) in [7, 11) is -3.09. The van der Waals surface area contributed by atoms with Crippen molar-refractivity contribution in [1.82, 2.24) is 0 Å². The number of ether oxygens (including phenoxy) is 2. The maximum Gasteiger partial charge on any atom is 0.336 e. The van der Waals surface area contributed by atoms with E-state index >= 15 is 0 Å². The van der Waals surface area contributed by atoms with Gasteiger partial charge in [-0.3, -0.25) is 9.36 Å². The fourth-order valence-corrected chi connectivity index (χ4v) is 6.16. The lowest BCUT2D eigenvalue weighted by atomic mass is 10.0. The van der Waals surface area contributed by atoms with Gasteiger partial charge < -0.3 is 22.7 Å². The third-order valence-corrected chi connectivity index (χ3v) is 11.9. The smallest absolute Gasteiger partial charge is 0.336 e. The van der Waals surface area contributed by atoms with Gasteiger partial charge >= 0.3 is 19.5 Å². The van der Waals surface area contributed by atoms with Gasteiger partial charge in [0.15, 0.2) is 6.10 Å². The van der Waals surface area contributed by atoms with Gasteiger partial charge in [0.25, 0.3) is 0 Å². The standard InChI is InChI=1S/C28H41O8PS/c1-28(2,3)38(6,7)36-25(27(30)33-5)18-24(26(29)32-4)21-37(31,34-19-22-14-10-8-11-15-22)35-20-23-16-12-9-13-17-23/h8-17,24-25H,18-21H2,1-7H3/t24-,25-/m0/s1. The summed E-state index contributed by atoms with van der Waals surface area (Å²) < 4.78 is 41.8. The van der Waals surface area contributed by atoms with Crippen LogP contribution in [0.4, 0.5) is 0 Å². The third kappa shape index (κ3) is 9.86. The Bertz CT molecular complexity index is 1020. The molecule has 2 aromatic carbocycles. The molecule has 0 aliphatic rings. The van der Waals surface area contributed by atoms with Crippen LogP contribution in [0.5, 0.6) is 0 Å². The summed E-state index contributed by atoms with van der Waals surface area (Å²) in [6.45, 7) is 6.13. The van der Waals surface area contributed by atoms with E-state index in [0.29, 0.717) is 0 Å². The predicted octanol–water partition coefficient (Wildman–Crippen LogP) is 6.13. The van der Waals surface area contributed by atoms with Crippen LogP contribution in [-0.2, 0) is 50.1 Å². The van der Waals surface area contributed by atoms with Gasteiger partial charge in [-0.25, -0.2) is 4.79 Å². The molecule has 8 nitrogen and oxygen atoms in total. The summed E-state index contributed by atoms with van der Waals surface area (Å²) in [5, 5.41) is 0. The molecule has 0 saturated heterocycles. The first-order chi connectivity index (χ1) is 17.8. The van der Waals surface area contributed by atoms with Gasteiger partial charge in [-0.2, -0.15) is 0 Å². The molecule has 0 N–H and O–H groups in total. The maximum atomic E-state index is 14.1. The second-order valence-corrected chi connectivity index (χ2v) is 16.2. The third-order valence-electron chi connectivity index (χ3n) is 6.31. The predicted molar refractivity (Wildman–Crippen MR) is 151 cm³/mol. The number of esters is 2. The van der Waals surface area contributed by atoms with Crippen molar-refractivity contribution < 1.29 is 36.9 Å². The molecule has 2 rings (SSSR count). The van der Waals surface area contributed by atoms with E-state index in [1.54, 1.807) is 0 Å². The van der Waals surface area contributed by atoms with E-state index in [1.807, 2.05) is 93.9 Å². The Hall–Kier alpha value is -2.16. The van der Waals surface area contributed by atoms with Crippen LogP contribution < -0.4 is 0 Å². The highest BCUT2D eigenvalue weighted by Gasteiger charge is 2.40. The van der Waals surface area contributed by atoms with E-state index in [4.69, 9.17) is 22.7 Å². The lowest BCUT2D eigenvalue weighted by molar-refractivity contribution is -0.151. The van der Waals surface area contributed by atoms with Crippen LogP contribution in [0.2, 0.25) is 0 Å². The highest BCUT2D eigenvalue weighted by molar-refractivity contribution is 8.29. The van der Waals surface area contributed by atoms with Crippen molar-refractivity contribution in [2.45, 2.75) is 51.3 Å². The molecule has 10 heteroatoms. The van der Waals surface area contributed by atoms with Gasteiger partial charge in [-0.1, -0.05) is 81.4 Å². The number of methoxy groups -OCH3 is 2. The van der Waals surface area contributed by atoms with Crippen molar-refractivity contribution in [3.63, 3.8) is 0 Å². The summed E-state index contributed by atoms with van der Waals surface area (Å²) in [5.41, 5.74) is 1.61. The van der Waals surface area contributed by atoms with Gasteiger partial charge in [0.2, 0.25) is 0 Å². The first-order valence-electron chi connectivity index (χ1n) is 12.3. The molecule has 0 spiro atoms. The second-order valence-electron chi connectivity index (χ2n) is 10.2. The lowest BCUT2D eigenvalue weighted by Gasteiger charge is -2.45. The normalized spacial score (nSPS) is 14.4. The molecule has 0 aliphatic heterocycles. The molecule has 0 heterocycles. The first-order valence-corrected chi connectivity index (χ1v) is 16.4. The summed E-state index contributed by atoms with van der Waals surface area (Å²) in [4.78, 5) is 25.6. The number of benzene rings is 2. The van der Waals surface area contributed by atoms with E-state index in [1.165, 1.54) is 14.2 Å². The maximum absolute atomic E-state index is 14.1. The summed E-state index contributed by atoms with van der Waals surface area (Å²) >= 11 is 0. The minimum Gasteiger partial charge on any atom is -0.469 e. The number of hydrogen-bond acceptors (Lipinski definition) is 8. The molecule has 0 aromatic heterocycles. The van der Waals surface area contributed by atoms with Crippen molar-refractivity contribution >= 4 is 29.8 Å². The Morgan fingerprint density at radius 1 is 0.816 bits per heavy atom. The molecule has 0 radical (unpaired) electrons. The molecule has 38 heavy (non-hydrogen) atoms. The average Bonchev–Trinajstić information content (AvgIpc) is 2.89. The molecule has 2 aromatic rings. The molecule has 0 bridgehead atoms. The summed E-state index contributed by atoms with van der Waals surface area (Å²) in [5.74, 6) is -2.26. The minimum atomic E-state index is -3.85. The highest BCUT2D eigenvalue weighted by Crippen LogP contribution is 2.56. The van der Waals surface area contributed by atoms with Gasteiger partial charge in [0.1, 0.15) is 0 Å². The first kappa shape index (κ1) is 32.1. The van der Waals surface area contributed by atoms with E-state index in [0.717, 1.165) is 11.1 Å². The Kier molecular flexibility index (Phi) is 12.1. The van der Waals surface area contributed by atoms with E-state index in [2.05, 4.69) is 0 Å². The van der Waals surface area contributed by atoms with Crippen molar-refractivity contribution in [3.05, 3.63) is 71.8 Å². The largest absolute Gasteiger partial charge is 0.469 e. The molecule has 212 valence electrons. The fraction of sp³-hybridized carbons (Fsp3) is 0.500. The number of rotatable bonds is 14. The van der Waals surface area contributed by atoms with Gasteiger partial charge in [-0.15, -0.1) is 10.3 Å². The van der Waals surface area contributed by atoms with Crippen LogP contribution in [0.15, 0.2) is 60.7 Å². The van der Waals surface area contributed by atoms with Crippen LogP contribution in [0.3, 0.4) is 0 Å². The molecule has 0 aliphatic carbocycles. The van der Waals surface area contributed by atoms with E-state index in [9.17, 15) is 14.2 Å². The Balaban J connectivity index is 2.33. The van der Waals surface area contributed by atoms with E-state index < -0.39 is 41.9 Å². The quantitative estimate of drug-likeness (QED) is 0.198. The summed E-state index contributed by atoms with van der Waals surface area (Å²) in [6.07, 6.45) is 2.45. The molecule has 2 atom stereocenters. The van der Waals surface area contributed by atoms with Crippen molar-refractivity contribution in [2.75, 3.05) is 32.9 Å². The van der Waals surface area contributed by atoms with Crippen molar-refractivity contribution in [3.8, 4) is 0 Å². The van der Waals surface area contributed by atoms with Crippen LogP contribution in [-0.4, -0.2) is 55.7 Å². The number of carbonyl (C=O) groups is 2. The topological polar surface area (TPSA) is 97.4 Å². The minimum absolute atomic E-state index is 0.0267.